The van der Waals surface area contributed by atoms with E-state index in [9.17, 15) is 14.0 Å². The van der Waals surface area contributed by atoms with E-state index in [1.54, 1.807) is 0 Å². The Hall–Kier alpha value is -2.11. The first-order chi connectivity index (χ1) is 8.45. The van der Waals surface area contributed by atoms with Gasteiger partial charge in [-0.3, -0.25) is 4.79 Å². The quantitative estimate of drug-likeness (QED) is 0.812. The minimum atomic E-state index is -1.51. The van der Waals surface area contributed by atoms with E-state index in [4.69, 9.17) is 9.84 Å². The molecule has 0 fully saturated rings. The second kappa shape index (κ2) is 6.00. The Morgan fingerprint density at radius 2 is 2.11 bits per heavy atom. The largest absolute Gasteiger partial charge is 0.496 e. The Kier molecular flexibility index (Phi) is 4.65. The third-order valence-electron chi connectivity index (χ3n) is 2.49. The SMILES string of the molecule is COc1ccc(F)cc1CCN(C)C(=O)C(=O)O. The van der Waals surface area contributed by atoms with Gasteiger partial charge in [-0.25, -0.2) is 9.18 Å². The molecule has 0 bridgehead atoms. The number of hydrogen-bond donors (Lipinski definition) is 1. The van der Waals surface area contributed by atoms with E-state index in [-0.39, 0.29) is 6.54 Å². The van der Waals surface area contributed by atoms with E-state index in [0.29, 0.717) is 17.7 Å². The highest BCUT2D eigenvalue weighted by Gasteiger charge is 2.17. The standard InChI is InChI=1S/C12H14FNO4/c1-14(11(15)12(16)17)6-5-8-7-9(13)3-4-10(8)18-2/h3-4,7H,5-6H2,1-2H3,(H,16,17). The number of methoxy groups -OCH3 is 1. The van der Waals surface area contributed by atoms with E-state index < -0.39 is 17.7 Å². The highest BCUT2D eigenvalue weighted by Crippen LogP contribution is 2.19. The van der Waals surface area contributed by atoms with Gasteiger partial charge >= 0.3 is 11.9 Å². The first-order valence-corrected chi connectivity index (χ1v) is 5.26. The van der Waals surface area contributed by atoms with Crippen molar-refractivity contribution >= 4 is 11.9 Å². The zero-order valence-corrected chi connectivity index (χ0v) is 10.1. The first-order valence-electron chi connectivity index (χ1n) is 5.26. The molecule has 0 radical (unpaired) electrons. The van der Waals surface area contributed by atoms with Gasteiger partial charge in [-0.2, -0.15) is 0 Å². The molecular formula is C12H14FNO4. The molecular weight excluding hydrogens is 241 g/mol. The number of halogens is 1. The molecule has 0 aromatic heterocycles. The maximum Gasteiger partial charge on any atom is 0.394 e. The van der Waals surface area contributed by atoms with Crippen LogP contribution in [0.15, 0.2) is 18.2 Å². The molecule has 0 aliphatic rings. The van der Waals surface area contributed by atoms with Crippen molar-refractivity contribution in [3.05, 3.63) is 29.6 Å². The zero-order valence-electron chi connectivity index (χ0n) is 10.1. The predicted molar refractivity (Wildman–Crippen MR) is 61.9 cm³/mol. The van der Waals surface area contributed by atoms with Crippen molar-refractivity contribution < 1.29 is 23.8 Å². The fourth-order valence-electron chi connectivity index (χ4n) is 1.50. The topological polar surface area (TPSA) is 66.8 Å². The number of nitrogens with zero attached hydrogens (tertiary/aromatic N) is 1. The van der Waals surface area contributed by atoms with E-state index >= 15 is 0 Å². The molecule has 5 nitrogen and oxygen atoms in total. The van der Waals surface area contributed by atoms with Gasteiger partial charge in [0.05, 0.1) is 7.11 Å². The van der Waals surface area contributed by atoms with Crippen LogP contribution in [0.25, 0.3) is 0 Å². The lowest BCUT2D eigenvalue weighted by molar-refractivity contribution is -0.155. The Labute approximate surface area is 104 Å². The summed E-state index contributed by atoms with van der Waals surface area (Å²) in [7, 11) is 2.84. The van der Waals surface area contributed by atoms with Gasteiger partial charge in [0.2, 0.25) is 0 Å². The minimum Gasteiger partial charge on any atom is -0.496 e. The van der Waals surface area contributed by atoms with Crippen LogP contribution in [0.4, 0.5) is 4.39 Å². The third kappa shape index (κ3) is 3.44. The molecule has 1 N–H and O–H groups in total. The highest BCUT2D eigenvalue weighted by molar-refractivity contribution is 6.31. The van der Waals surface area contributed by atoms with Crippen molar-refractivity contribution in [1.82, 2.24) is 4.90 Å². The molecule has 0 spiro atoms. The minimum absolute atomic E-state index is 0.172. The van der Waals surface area contributed by atoms with Crippen LogP contribution in [0.2, 0.25) is 0 Å². The Bertz CT molecular complexity index is 461. The predicted octanol–water partition coefficient (Wildman–Crippen LogP) is 0.920. The summed E-state index contributed by atoms with van der Waals surface area (Å²) >= 11 is 0. The second-order valence-corrected chi connectivity index (χ2v) is 3.74. The Morgan fingerprint density at radius 1 is 1.44 bits per heavy atom. The lowest BCUT2D eigenvalue weighted by atomic mass is 10.1. The number of rotatable bonds is 4. The summed E-state index contributed by atoms with van der Waals surface area (Å²) in [6.07, 6.45) is 0.316. The molecule has 1 rings (SSSR count). The van der Waals surface area contributed by atoms with Gasteiger partial charge in [0.15, 0.2) is 0 Å². The van der Waals surface area contributed by atoms with Crippen molar-refractivity contribution in [3.8, 4) is 5.75 Å². The molecule has 0 heterocycles. The summed E-state index contributed by atoms with van der Waals surface area (Å²) in [5.74, 6) is -2.40. The van der Waals surface area contributed by atoms with Crippen LogP contribution < -0.4 is 4.74 Å². The van der Waals surface area contributed by atoms with Crippen LogP contribution in [0, 0.1) is 5.82 Å². The molecule has 1 amide bonds. The fourth-order valence-corrected chi connectivity index (χ4v) is 1.50. The summed E-state index contributed by atoms with van der Waals surface area (Å²) in [5, 5.41) is 8.52. The van der Waals surface area contributed by atoms with Crippen LogP contribution in [0.3, 0.4) is 0 Å². The molecule has 1 aromatic carbocycles. The number of aliphatic carboxylic acids is 1. The van der Waals surface area contributed by atoms with Crippen LogP contribution in [0.1, 0.15) is 5.56 Å². The highest BCUT2D eigenvalue weighted by atomic mass is 19.1. The van der Waals surface area contributed by atoms with Gasteiger partial charge in [0.25, 0.3) is 0 Å². The summed E-state index contributed by atoms with van der Waals surface area (Å²) in [4.78, 5) is 22.6. The summed E-state index contributed by atoms with van der Waals surface area (Å²) in [6.45, 7) is 0.172. The molecule has 6 heteroatoms. The molecule has 98 valence electrons. The van der Waals surface area contributed by atoms with Crippen LogP contribution in [0.5, 0.6) is 5.75 Å². The first kappa shape index (κ1) is 14.0. The monoisotopic (exact) mass is 255 g/mol. The zero-order chi connectivity index (χ0) is 13.7. The van der Waals surface area contributed by atoms with Crippen molar-refractivity contribution in [2.24, 2.45) is 0 Å². The Balaban J connectivity index is 2.71. The maximum absolute atomic E-state index is 13.1. The molecule has 0 atom stereocenters. The van der Waals surface area contributed by atoms with Gasteiger partial charge in [-0.1, -0.05) is 0 Å². The average molecular weight is 255 g/mol. The third-order valence-corrected chi connectivity index (χ3v) is 2.49. The molecule has 0 unspecified atom stereocenters. The number of carbonyl (C=O) groups excluding carboxylic acids is 1. The van der Waals surface area contributed by atoms with Crippen molar-refractivity contribution in [2.45, 2.75) is 6.42 Å². The molecule has 0 aliphatic heterocycles. The van der Waals surface area contributed by atoms with Crippen molar-refractivity contribution in [2.75, 3.05) is 20.7 Å². The van der Waals surface area contributed by atoms with E-state index in [2.05, 4.69) is 0 Å². The van der Waals surface area contributed by atoms with Crippen molar-refractivity contribution in [1.29, 1.82) is 0 Å². The second-order valence-electron chi connectivity index (χ2n) is 3.74. The number of carbonyl (C=O) groups is 2. The van der Waals surface area contributed by atoms with Gasteiger partial charge in [0.1, 0.15) is 11.6 Å². The molecule has 0 saturated heterocycles. The summed E-state index contributed by atoms with van der Waals surface area (Å²) in [5.41, 5.74) is 0.586. The number of amides is 1. The van der Waals surface area contributed by atoms with Crippen molar-refractivity contribution in [3.63, 3.8) is 0 Å². The number of hydrogen-bond acceptors (Lipinski definition) is 3. The van der Waals surface area contributed by atoms with Crippen LogP contribution >= 0.6 is 0 Å². The number of benzene rings is 1. The van der Waals surface area contributed by atoms with Gasteiger partial charge in [-0.15, -0.1) is 0 Å². The smallest absolute Gasteiger partial charge is 0.394 e. The van der Waals surface area contributed by atoms with Crippen LogP contribution in [-0.2, 0) is 16.0 Å². The summed E-state index contributed by atoms with van der Waals surface area (Å²) in [6, 6.07) is 4.07. The van der Waals surface area contributed by atoms with E-state index in [1.807, 2.05) is 0 Å². The number of likely N-dealkylation sites (N-methyl/N-ethyl adjacent to an activating group) is 1. The Morgan fingerprint density at radius 3 is 2.67 bits per heavy atom. The molecule has 1 aromatic rings. The fraction of sp³-hybridized carbons (Fsp3) is 0.333. The van der Waals surface area contributed by atoms with Gasteiger partial charge in [0, 0.05) is 13.6 Å². The lowest BCUT2D eigenvalue weighted by Gasteiger charge is -2.15. The number of carboxylic acids is 1. The average Bonchev–Trinajstić information content (AvgIpc) is 2.35. The summed E-state index contributed by atoms with van der Waals surface area (Å²) < 4.78 is 18.1. The molecule has 0 aliphatic carbocycles. The van der Waals surface area contributed by atoms with E-state index in [1.165, 1.54) is 32.4 Å². The maximum atomic E-state index is 13.1. The number of ether oxygens (including phenoxy) is 1. The number of carboxylic acid groups (broad SMARTS) is 1. The van der Waals surface area contributed by atoms with Gasteiger partial charge in [-0.05, 0) is 30.2 Å². The van der Waals surface area contributed by atoms with Gasteiger partial charge < -0.3 is 14.7 Å². The molecule has 18 heavy (non-hydrogen) atoms. The normalized spacial score (nSPS) is 9.94. The van der Waals surface area contributed by atoms with E-state index in [0.717, 1.165) is 4.90 Å². The lowest BCUT2D eigenvalue weighted by Crippen LogP contribution is -2.34. The van der Waals surface area contributed by atoms with Crippen LogP contribution in [-0.4, -0.2) is 42.6 Å². The molecule has 0 saturated carbocycles.